The van der Waals surface area contributed by atoms with Crippen molar-refractivity contribution in [3.05, 3.63) is 65.5 Å². The summed E-state index contributed by atoms with van der Waals surface area (Å²) in [7, 11) is 0. The number of amides is 1. The average molecular weight is 344 g/mol. The van der Waals surface area contributed by atoms with Gasteiger partial charge in [-0.1, -0.05) is 12.1 Å². The van der Waals surface area contributed by atoms with Crippen LogP contribution in [-0.2, 0) is 6.54 Å². The summed E-state index contributed by atoms with van der Waals surface area (Å²) >= 11 is 2.02. The van der Waals surface area contributed by atoms with Crippen molar-refractivity contribution in [2.45, 2.75) is 25.4 Å². The molecule has 1 saturated heterocycles. The van der Waals surface area contributed by atoms with Crippen molar-refractivity contribution in [1.29, 1.82) is 0 Å². The van der Waals surface area contributed by atoms with E-state index in [1.165, 1.54) is 48.6 Å². The molecule has 1 fully saturated rings. The van der Waals surface area contributed by atoms with Crippen molar-refractivity contribution in [2.24, 2.45) is 0 Å². The Morgan fingerprint density at radius 1 is 1.12 bits per heavy atom. The van der Waals surface area contributed by atoms with Crippen LogP contribution in [0.4, 0.5) is 10.1 Å². The number of hydrogen-bond donors (Lipinski definition) is 2. The van der Waals surface area contributed by atoms with E-state index in [1.807, 2.05) is 30.0 Å². The van der Waals surface area contributed by atoms with Crippen LogP contribution in [0.15, 0.2) is 48.5 Å². The second kappa shape index (κ2) is 8.31. The lowest BCUT2D eigenvalue weighted by atomic mass is 10.1. The highest BCUT2D eigenvalue weighted by molar-refractivity contribution is 7.99. The monoisotopic (exact) mass is 344 g/mol. The SMILES string of the molecule is O=C(Nc1cccc(CNC2CCSCC2)c1)c1ccc(F)cc1. The van der Waals surface area contributed by atoms with Crippen molar-refractivity contribution in [3.63, 3.8) is 0 Å². The minimum atomic E-state index is -0.347. The quantitative estimate of drug-likeness (QED) is 0.859. The fourth-order valence-electron chi connectivity index (χ4n) is 2.73. The van der Waals surface area contributed by atoms with Crippen molar-refractivity contribution < 1.29 is 9.18 Å². The first-order valence-corrected chi connectivity index (χ1v) is 9.33. The maximum absolute atomic E-state index is 12.9. The summed E-state index contributed by atoms with van der Waals surface area (Å²) in [5.41, 5.74) is 2.34. The van der Waals surface area contributed by atoms with Crippen LogP contribution in [0.3, 0.4) is 0 Å². The molecule has 126 valence electrons. The van der Waals surface area contributed by atoms with Gasteiger partial charge in [-0.05, 0) is 66.3 Å². The Hall–Kier alpha value is -1.85. The average Bonchev–Trinajstić information content (AvgIpc) is 2.62. The van der Waals surface area contributed by atoms with Gasteiger partial charge in [-0.2, -0.15) is 11.8 Å². The lowest BCUT2D eigenvalue weighted by molar-refractivity contribution is 0.102. The molecule has 0 aromatic heterocycles. The molecule has 3 nitrogen and oxygen atoms in total. The minimum absolute atomic E-state index is 0.232. The van der Waals surface area contributed by atoms with E-state index in [2.05, 4.69) is 16.7 Å². The van der Waals surface area contributed by atoms with E-state index in [1.54, 1.807) is 0 Å². The van der Waals surface area contributed by atoms with Crippen LogP contribution in [0.1, 0.15) is 28.8 Å². The number of nitrogens with one attached hydrogen (secondary N) is 2. The van der Waals surface area contributed by atoms with E-state index in [9.17, 15) is 9.18 Å². The zero-order valence-corrected chi connectivity index (χ0v) is 14.2. The highest BCUT2D eigenvalue weighted by Crippen LogP contribution is 2.18. The molecule has 2 aromatic carbocycles. The summed E-state index contributed by atoms with van der Waals surface area (Å²) in [5, 5.41) is 6.45. The molecule has 1 aliphatic heterocycles. The van der Waals surface area contributed by atoms with Gasteiger partial charge in [0.1, 0.15) is 5.82 Å². The van der Waals surface area contributed by atoms with Crippen LogP contribution in [0.2, 0.25) is 0 Å². The number of hydrogen-bond acceptors (Lipinski definition) is 3. The Morgan fingerprint density at radius 2 is 1.88 bits per heavy atom. The van der Waals surface area contributed by atoms with E-state index >= 15 is 0 Å². The Morgan fingerprint density at radius 3 is 2.62 bits per heavy atom. The predicted octanol–water partition coefficient (Wildman–Crippen LogP) is 4.06. The largest absolute Gasteiger partial charge is 0.322 e. The number of carbonyl (C=O) groups is 1. The Kier molecular flexibility index (Phi) is 5.88. The summed E-state index contributed by atoms with van der Waals surface area (Å²) in [6.45, 7) is 0.801. The Bertz CT molecular complexity index is 684. The zero-order valence-electron chi connectivity index (χ0n) is 13.4. The Balaban J connectivity index is 1.58. The van der Waals surface area contributed by atoms with Gasteiger partial charge in [0, 0.05) is 23.8 Å². The first kappa shape index (κ1) is 17.0. The molecule has 5 heteroatoms. The molecule has 1 heterocycles. The fourth-order valence-corrected chi connectivity index (χ4v) is 3.83. The van der Waals surface area contributed by atoms with Gasteiger partial charge in [0.25, 0.3) is 5.91 Å². The van der Waals surface area contributed by atoms with Crippen LogP contribution in [0, 0.1) is 5.82 Å². The topological polar surface area (TPSA) is 41.1 Å². The van der Waals surface area contributed by atoms with Crippen LogP contribution in [0.25, 0.3) is 0 Å². The predicted molar refractivity (Wildman–Crippen MR) is 98.0 cm³/mol. The molecule has 2 aromatic rings. The maximum Gasteiger partial charge on any atom is 0.255 e. The first-order chi connectivity index (χ1) is 11.7. The third-order valence-electron chi connectivity index (χ3n) is 4.11. The van der Waals surface area contributed by atoms with Crippen LogP contribution >= 0.6 is 11.8 Å². The van der Waals surface area contributed by atoms with Gasteiger partial charge < -0.3 is 10.6 Å². The molecular formula is C19H21FN2OS. The zero-order chi connectivity index (χ0) is 16.8. The molecule has 1 aliphatic rings. The van der Waals surface area contributed by atoms with Crippen molar-refractivity contribution in [1.82, 2.24) is 5.32 Å². The van der Waals surface area contributed by atoms with Crippen LogP contribution in [-0.4, -0.2) is 23.5 Å². The van der Waals surface area contributed by atoms with Gasteiger partial charge in [-0.15, -0.1) is 0 Å². The van der Waals surface area contributed by atoms with E-state index in [0.29, 0.717) is 11.6 Å². The van der Waals surface area contributed by atoms with Crippen molar-refractivity contribution >= 4 is 23.4 Å². The summed E-state index contributed by atoms with van der Waals surface area (Å²) in [4.78, 5) is 12.2. The molecule has 0 radical (unpaired) electrons. The number of carbonyl (C=O) groups excluding carboxylic acids is 1. The van der Waals surface area contributed by atoms with Gasteiger partial charge in [-0.25, -0.2) is 4.39 Å². The van der Waals surface area contributed by atoms with Gasteiger partial charge in [0.05, 0.1) is 0 Å². The summed E-state index contributed by atoms with van der Waals surface area (Å²) < 4.78 is 12.9. The fraction of sp³-hybridized carbons (Fsp3) is 0.316. The minimum Gasteiger partial charge on any atom is -0.322 e. The second-order valence-corrected chi connectivity index (χ2v) is 7.15. The van der Waals surface area contributed by atoms with Gasteiger partial charge in [0.15, 0.2) is 0 Å². The molecule has 0 spiro atoms. The normalized spacial score (nSPS) is 15.2. The molecule has 0 saturated carbocycles. The highest BCUT2D eigenvalue weighted by atomic mass is 32.2. The standard InChI is InChI=1S/C19H21FN2OS/c20-16-6-4-15(5-7-16)19(23)22-18-3-1-2-14(12-18)13-21-17-8-10-24-11-9-17/h1-7,12,17,21H,8-11,13H2,(H,22,23). The molecule has 0 unspecified atom stereocenters. The molecule has 0 aliphatic carbocycles. The molecular weight excluding hydrogens is 323 g/mol. The molecule has 1 amide bonds. The van der Waals surface area contributed by atoms with E-state index in [0.717, 1.165) is 17.8 Å². The summed E-state index contributed by atoms with van der Waals surface area (Å²) in [5.74, 6) is 1.88. The van der Waals surface area contributed by atoms with E-state index in [-0.39, 0.29) is 11.7 Å². The third kappa shape index (κ3) is 4.82. The molecule has 24 heavy (non-hydrogen) atoms. The van der Waals surface area contributed by atoms with Crippen LogP contribution < -0.4 is 10.6 Å². The maximum atomic E-state index is 12.9. The second-order valence-electron chi connectivity index (χ2n) is 5.93. The number of halogens is 1. The van der Waals surface area contributed by atoms with E-state index in [4.69, 9.17) is 0 Å². The van der Waals surface area contributed by atoms with Gasteiger partial charge in [0.2, 0.25) is 0 Å². The molecule has 2 N–H and O–H groups in total. The van der Waals surface area contributed by atoms with Crippen LogP contribution in [0.5, 0.6) is 0 Å². The van der Waals surface area contributed by atoms with Gasteiger partial charge >= 0.3 is 0 Å². The van der Waals surface area contributed by atoms with Crippen molar-refractivity contribution in [2.75, 3.05) is 16.8 Å². The van der Waals surface area contributed by atoms with E-state index < -0.39 is 0 Å². The summed E-state index contributed by atoms with van der Waals surface area (Å²) in [6, 6.07) is 14.0. The number of benzene rings is 2. The lowest BCUT2D eigenvalue weighted by Crippen LogP contribution is -2.32. The van der Waals surface area contributed by atoms with Crippen molar-refractivity contribution in [3.8, 4) is 0 Å². The first-order valence-electron chi connectivity index (χ1n) is 8.18. The smallest absolute Gasteiger partial charge is 0.255 e. The number of thioether (sulfide) groups is 1. The summed E-state index contributed by atoms with van der Waals surface area (Å²) in [6.07, 6.45) is 2.43. The lowest BCUT2D eigenvalue weighted by Gasteiger charge is -2.22. The third-order valence-corrected chi connectivity index (χ3v) is 5.16. The molecule has 0 bridgehead atoms. The van der Waals surface area contributed by atoms with Gasteiger partial charge in [-0.3, -0.25) is 4.79 Å². The molecule has 3 rings (SSSR count). The Labute approximate surface area is 146 Å². The number of anilines is 1. The highest BCUT2D eigenvalue weighted by Gasteiger charge is 2.13. The number of rotatable bonds is 5. The molecule has 0 atom stereocenters.